The zero-order valence-electron chi connectivity index (χ0n) is 25.2. The molecule has 0 saturated heterocycles. The van der Waals surface area contributed by atoms with Gasteiger partial charge in [0.2, 0.25) is 5.75 Å². The Morgan fingerprint density at radius 1 is 0.976 bits per heavy atom. The monoisotopic (exact) mass is 583 g/mol. The number of hydrogen-bond donors (Lipinski definition) is 3. The number of esters is 1. The number of ether oxygens (including phenoxy) is 4. The van der Waals surface area contributed by atoms with Gasteiger partial charge in [-0.2, -0.15) is 0 Å². The first-order chi connectivity index (χ1) is 20.0. The van der Waals surface area contributed by atoms with E-state index in [4.69, 9.17) is 23.9 Å². The predicted octanol–water partition coefficient (Wildman–Crippen LogP) is 4.00. The van der Waals surface area contributed by atoms with Gasteiger partial charge >= 0.3 is 5.97 Å². The van der Waals surface area contributed by atoms with E-state index < -0.39 is 22.7 Å². The summed E-state index contributed by atoms with van der Waals surface area (Å²) in [5, 5.41) is 35.5. The SMILES string of the molecule is COc1cc(CN=C[C@]23CC[C@H](O)C[C@]2(O)CC[C@@H]2[C@H]3CC[C@]3(C)[C@@H](C4=CC(=O)OC4)CC[C@]23O)cc(OC)c1OC. The van der Waals surface area contributed by atoms with Gasteiger partial charge in [0.1, 0.15) is 6.61 Å². The molecule has 6 rings (SSSR count). The Balaban J connectivity index is 1.34. The molecule has 0 spiro atoms. The molecule has 42 heavy (non-hydrogen) atoms. The lowest BCUT2D eigenvalue weighted by molar-refractivity contribution is -0.237. The molecule has 4 aliphatic carbocycles. The first-order valence-electron chi connectivity index (χ1n) is 15.3. The second-order valence-electron chi connectivity index (χ2n) is 13.5. The van der Waals surface area contributed by atoms with Gasteiger partial charge in [-0.05, 0) is 92.4 Å². The Kier molecular flexibility index (Phi) is 7.38. The number of methoxy groups -OCH3 is 3. The van der Waals surface area contributed by atoms with E-state index >= 15 is 0 Å². The van der Waals surface area contributed by atoms with Gasteiger partial charge in [-0.1, -0.05) is 6.92 Å². The van der Waals surface area contributed by atoms with E-state index in [-0.39, 0.29) is 29.1 Å². The second-order valence-corrected chi connectivity index (χ2v) is 13.5. The third-order valence-electron chi connectivity index (χ3n) is 12.0. The van der Waals surface area contributed by atoms with E-state index in [0.717, 1.165) is 30.4 Å². The van der Waals surface area contributed by atoms with Gasteiger partial charge in [-0.15, -0.1) is 0 Å². The first kappa shape index (κ1) is 29.5. The van der Waals surface area contributed by atoms with Crippen LogP contribution in [-0.4, -0.2) is 72.7 Å². The van der Waals surface area contributed by atoms with Crippen molar-refractivity contribution in [2.24, 2.45) is 33.6 Å². The van der Waals surface area contributed by atoms with Crippen molar-refractivity contribution in [1.29, 1.82) is 0 Å². The van der Waals surface area contributed by atoms with Gasteiger partial charge in [-0.25, -0.2) is 4.79 Å². The minimum atomic E-state index is -1.10. The molecule has 0 amide bonds. The van der Waals surface area contributed by atoms with Gasteiger partial charge in [0.25, 0.3) is 0 Å². The molecule has 4 saturated carbocycles. The number of aliphatic hydroxyl groups excluding tert-OH is 1. The summed E-state index contributed by atoms with van der Waals surface area (Å²) < 4.78 is 21.8. The molecule has 0 bridgehead atoms. The Labute approximate surface area is 247 Å². The smallest absolute Gasteiger partial charge is 0.331 e. The lowest BCUT2D eigenvalue weighted by Gasteiger charge is -2.65. The van der Waals surface area contributed by atoms with Crippen LogP contribution in [0.15, 0.2) is 28.8 Å². The number of cyclic esters (lactones) is 1. The van der Waals surface area contributed by atoms with Crippen LogP contribution >= 0.6 is 0 Å². The Bertz CT molecular complexity index is 1270. The fraction of sp³-hybridized carbons (Fsp3) is 0.697. The third kappa shape index (κ3) is 4.21. The molecule has 4 fully saturated rings. The Hall–Kier alpha value is -2.62. The van der Waals surface area contributed by atoms with E-state index in [2.05, 4.69) is 6.92 Å². The average Bonchev–Trinajstić information content (AvgIpc) is 3.51. The molecule has 1 aromatic carbocycles. The van der Waals surface area contributed by atoms with Crippen molar-refractivity contribution in [3.8, 4) is 17.2 Å². The van der Waals surface area contributed by atoms with Crippen molar-refractivity contribution in [2.45, 2.75) is 88.6 Å². The van der Waals surface area contributed by atoms with Crippen molar-refractivity contribution in [3.63, 3.8) is 0 Å². The summed E-state index contributed by atoms with van der Waals surface area (Å²) in [6.07, 6.45) is 8.92. The first-order valence-corrected chi connectivity index (χ1v) is 15.3. The number of rotatable bonds is 7. The summed E-state index contributed by atoms with van der Waals surface area (Å²) in [6.45, 7) is 2.88. The molecule has 1 aliphatic heterocycles. The number of nitrogens with zero attached hydrogens (tertiary/aromatic N) is 1. The maximum absolute atomic E-state index is 12.6. The van der Waals surface area contributed by atoms with Crippen LogP contribution in [0.3, 0.4) is 0 Å². The summed E-state index contributed by atoms with van der Waals surface area (Å²) in [6, 6.07) is 3.77. The van der Waals surface area contributed by atoms with Gasteiger partial charge < -0.3 is 34.3 Å². The summed E-state index contributed by atoms with van der Waals surface area (Å²) >= 11 is 0. The molecular formula is C33H45NO8. The largest absolute Gasteiger partial charge is 0.493 e. The van der Waals surface area contributed by atoms with Crippen LogP contribution in [0.2, 0.25) is 0 Å². The molecule has 8 atom stereocenters. The number of benzene rings is 1. The van der Waals surface area contributed by atoms with Gasteiger partial charge in [0, 0.05) is 29.5 Å². The van der Waals surface area contributed by atoms with Crippen LogP contribution in [0.25, 0.3) is 0 Å². The number of hydrogen-bond acceptors (Lipinski definition) is 9. The van der Waals surface area contributed by atoms with Crippen molar-refractivity contribution in [3.05, 3.63) is 29.3 Å². The minimum Gasteiger partial charge on any atom is -0.493 e. The summed E-state index contributed by atoms with van der Waals surface area (Å²) in [4.78, 5) is 16.9. The summed E-state index contributed by atoms with van der Waals surface area (Å²) in [5.41, 5.74) is -1.14. The molecule has 1 heterocycles. The van der Waals surface area contributed by atoms with Gasteiger partial charge in [-0.3, -0.25) is 4.99 Å². The van der Waals surface area contributed by atoms with Crippen LogP contribution in [0, 0.1) is 28.6 Å². The third-order valence-corrected chi connectivity index (χ3v) is 12.0. The fourth-order valence-electron chi connectivity index (χ4n) is 9.90. The summed E-state index contributed by atoms with van der Waals surface area (Å²) in [7, 11) is 4.74. The van der Waals surface area contributed by atoms with Gasteiger partial charge in [0.15, 0.2) is 11.5 Å². The summed E-state index contributed by atoms with van der Waals surface area (Å²) in [5.74, 6) is 1.48. The molecule has 5 aliphatic rings. The normalized spacial score (nSPS) is 41.0. The highest BCUT2D eigenvalue weighted by Gasteiger charge is 2.71. The van der Waals surface area contributed by atoms with E-state index in [9.17, 15) is 20.1 Å². The minimum absolute atomic E-state index is 0.0111. The number of aliphatic hydroxyl groups is 3. The Morgan fingerprint density at radius 2 is 1.69 bits per heavy atom. The molecule has 230 valence electrons. The zero-order chi connectivity index (χ0) is 29.9. The van der Waals surface area contributed by atoms with Crippen LogP contribution < -0.4 is 14.2 Å². The molecule has 0 radical (unpaired) electrons. The standard InChI is InChI=1S/C33H45NO8/c1-30-9-6-24-25(33(30,38)12-8-23(30)21-15-28(36)42-18-21)7-11-32(37)16-22(35)5-10-31(24,32)19-34-17-20-13-26(39-2)29(41-4)27(14-20)40-3/h13-15,19,22-25,35,37-38H,5-12,16-18H2,1-4H3/t22-,23+,24+,25+,30+,31-,32+,33-/m0/s1. The molecular weight excluding hydrogens is 538 g/mol. The predicted molar refractivity (Wildman–Crippen MR) is 156 cm³/mol. The lowest BCUT2D eigenvalue weighted by Crippen LogP contribution is -2.68. The van der Waals surface area contributed by atoms with Crippen LogP contribution in [0.5, 0.6) is 17.2 Å². The number of aliphatic imine (C=N–C) groups is 1. The van der Waals surface area contributed by atoms with Crippen molar-refractivity contribution in [1.82, 2.24) is 0 Å². The lowest BCUT2D eigenvalue weighted by atomic mass is 9.41. The van der Waals surface area contributed by atoms with E-state index in [1.807, 2.05) is 18.3 Å². The highest BCUT2D eigenvalue weighted by Crippen LogP contribution is 2.70. The number of fused-ring (bicyclic) bond motifs is 5. The van der Waals surface area contributed by atoms with Crippen LogP contribution in [0.4, 0.5) is 0 Å². The maximum atomic E-state index is 12.6. The Morgan fingerprint density at radius 3 is 2.33 bits per heavy atom. The maximum Gasteiger partial charge on any atom is 0.331 e. The van der Waals surface area contributed by atoms with Crippen LogP contribution in [-0.2, 0) is 16.1 Å². The van der Waals surface area contributed by atoms with Gasteiger partial charge in [0.05, 0.1) is 45.2 Å². The van der Waals surface area contributed by atoms with E-state index in [1.165, 1.54) is 0 Å². The average molecular weight is 584 g/mol. The molecule has 1 aromatic rings. The fourth-order valence-corrected chi connectivity index (χ4v) is 9.90. The van der Waals surface area contributed by atoms with E-state index in [0.29, 0.717) is 68.9 Å². The molecule has 3 N–H and O–H groups in total. The highest BCUT2D eigenvalue weighted by atomic mass is 16.5. The van der Waals surface area contributed by atoms with Crippen molar-refractivity contribution in [2.75, 3.05) is 27.9 Å². The van der Waals surface area contributed by atoms with Crippen molar-refractivity contribution < 1.29 is 39.1 Å². The second kappa shape index (κ2) is 10.5. The molecule has 9 nitrogen and oxygen atoms in total. The van der Waals surface area contributed by atoms with Crippen LogP contribution in [0.1, 0.15) is 70.3 Å². The van der Waals surface area contributed by atoms with Crippen molar-refractivity contribution >= 4 is 12.2 Å². The topological polar surface area (TPSA) is 127 Å². The van der Waals surface area contributed by atoms with E-state index in [1.54, 1.807) is 27.4 Å². The molecule has 0 unspecified atom stereocenters. The number of carbonyl (C=O) groups excluding carboxylic acids is 1. The molecule has 9 heteroatoms. The highest BCUT2D eigenvalue weighted by molar-refractivity contribution is 5.85. The quantitative estimate of drug-likeness (QED) is 0.325. The zero-order valence-corrected chi connectivity index (χ0v) is 25.2. The molecule has 0 aromatic heterocycles. The number of carbonyl (C=O) groups is 1.